The number of anilines is 1. The van der Waals surface area contributed by atoms with Crippen LogP contribution in [0.25, 0.3) is 10.2 Å². The summed E-state index contributed by atoms with van der Waals surface area (Å²) in [5, 5.41) is 5.92. The van der Waals surface area contributed by atoms with Crippen LogP contribution < -0.4 is 5.01 Å². The molecule has 0 unspecified atom stereocenters. The number of halogens is 3. The quantitative estimate of drug-likeness (QED) is 0.237. The van der Waals surface area contributed by atoms with Crippen LogP contribution in [0.1, 0.15) is 15.2 Å². The zero-order valence-corrected chi connectivity index (χ0v) is 17.9. The van der Waals surface area contributed by atoms with E-state index < -0.39 is 0 Å². The van der Waals surface area contributed by atoms with Crippen molar-refractivity contribution in [1.29, 1.82) is 0 Å². The van der Waals surface area contributed by atoms with Gasteiger partial charge in [-0.25, -0.2) is 9.37 Å². The van der Waals surface area contributed by atoms with E-state index in [1.807, 2.05) is 24.3 Å². The largest absolute Gasteiger partial charge is 0.290 e. The van der Waals surface area contributed by atoms with Gasteiger partial charge in [-0.3, -0.25) is 4.79 Å². The topological polar surface area (TPSA) is 45.6 Å². The molecule has 4 nitrogen and oxygen atoms in total. The van der Waals surface area contributed by atoms with Gasteiger partial charge in [0.25, 0.3) is 5.91 Å². The number of benzene rings is 2. The van der Waals surface area contributed by atoms with Crippen LogP contribution in [0.3, 0.4) is 0 Å². The van der Waals surface area contributed by atoms with E-state index in [0.717, 1.165) is 21.4 Å². The van der Waals surface area contributed by atoms with Crippen molar-refractivity contribution in [2.24, 2.45) is 5.10 Å². The molecule has 0 aliphatic heterocycles. The monoisotopic (exact) mass is 493 g/mol. The summed E-state index contributed by atoms with van der Waals surface area (Å²) >= 11 is 11.7. The molecule has 0 saturated heterocycles. The molecule has 0 bridgehead atoms. The Hall–Kier alpha value is -2.13. The van der Waals surface area contributed by atoms with Gasteiger partial charge in [-0.15, -0.1) is 11.3 Å². The third-order valence-corrected chi connectivity index (χ3v) is 6.43. The number of aromatic nitrogens is 1. The first-order valence-electron chi connectivity index (χ1n) is 7.95. The van der Waals surface area contributed by atoms with E-state index in [0.29, 0.717) is 24.6 Å². The van der Waals surface area contributed by atoms with Crippen molar-refractivity contribution in [2.45, 2.75) is 0 Å². The van der Waals surface area contributed by atoms with E-state index in [2.05, 4.69) is 26.0 Å². The van der Waals surface area contributed by atoms with Crippen molar-refractivity contribution >= 4 is 77.7 Å². The molecule has 2 heterocycles. The molecule has 28 heavy (non-hydrogen) atoms. The highest BCUT2D eigenvalue weighted by Crippen LogP contribution is 2.32. The second-order valence-corrected chi connectivity index (χ2v) is 9.27. The van der Waals surface area contributed by atoms with Crippen LogP contribution in [-0.2, 0) is 0 Å². The Morgan fingerprint density at radius 1 is 1.14 bits per heavy atom. The maximum atomic E-state index is 13.5. The Kier molecular flexibility index (Phi) is 5.54. The standard InChI is InChI=1S/C19H10BrClFN3OS2/c20-12-3-1-11(2-4-12)10-23-25(18(26)15-7-8-17(21)27-15)19-24-14-6-5-13(22)9-16(14)28-19/h1-10H/b23-10+. The van der Waals surface area contributed by atoms with E-state index in [4.69, 9.17) is 11.6 Å². The zero-order chi connectivity index (χ0) is 19.7. The number of nitrogens with zero attached hydrogens (tertiary/aromatic N) is 3. The molecule has 0 atom stereocenters. The Morgan fingerprint density at radius 2 is 1.93 bits per heavy atom. The van der Waals surface area contributed by atoms with Crippen LogP contribution >= 0.6 is 50.2 Å². The second-order valence-electron chi connectivity index (χ2n) is 5.63. The van der Waals surface area contributed by atoms with Crippen LogP contribution in [0, 0.1) is 5.82 Å². The number of rotatable bonds is 4. The average Bonchev–Trinajstić information content (AvgIpc) is 3.29. The van der Waals surface area contributed by atoms with Crippen LogP contribution in [0.15, 0.2) is 64.2 Å². The predicted molar refractivity (Wildman–Crippen MR) is 117 cm³/mol. The number of thiophene rings is 1. The molecule has 0 spiro atoms. The lowest BCUT2D eigenvalue weighted by molar-refractivity contribution is 0.0991. The lowest BCUT2D eigenvalue weighted by Gasteiger charge is -2.12. The van der Waals surface area contributed by atoms with Crippen LogP contribution in [0.2, 0.25) is 4.34 Å². The van der Waals surface area contributed by atoms with Gasteiger partial charge in [0.2, 0.25) is 5.13 Å². The van der Waals surface area contributed by atoms with Gasteiger partial charge >= 0.3 is 0 Å². The molecule has 4 aromatic rings. The van der Waals surface area contributed by atoms with E-state index in [1.165, 1.54) is 28.5 Å². The van der Waals surface area contributed by atoms with Crippen LogP contribution in [-0.4, -0.2) is 17.1 Å². The molecular formula is C19H10BrClFN3OS2. The lowest BCUT2D eigenvalue weighted by Crippen LogP contribution is -2.24. The SMILES string of the molecule is O=C(c1ccc(Cl)s1)N(/N=C/c1ccc(Br)cc1)c1nc2ccc(F)cc2s1. The number of amides is 1. The van der Waals surface area contributed by atoms with E-state index in [1.54, 1.807) is 24.4 Å². The van der Waals surface area contributed by atoms with E-state index in [9.17, 15) is 9.18 Å². The molecule has 2 aromatic carbocycles. The van der Waals surface area contributed by atoms with Gasteiger partial charge in [0.05, 0.1) is 25.6 Å². The maximum absolute atomic E-state index is 13.5. The normalized spacial score (nSPS) is 11.4. The Morgan fingerprint density at radius 3 is 2.64 bits per heavy atom. The van der Waals surface area contributed by atoms with Crippen molar-refractivity contribution in [1.82, 2.24) is 4.98 Å². The first kappa shape index (κ1) is 19.2. The summed E-state index contributed by atoms with van der Waals surface area (Å²) in [4.78, 5) is 17.9. The third kappa shape index (κ3) is 4.15. The summed E-state index contributed by atoms with van der Waals surface area (Å²) in [7, 11) is 0. The van der Waals surface area contributed by atoms with E-state index >= 15 is 0 Å². The highest BCUT2D eigenvalue weighted by molar-refractivity contribution is 9.10. The van der Waals surface area contributed by atoms with Gasteiger partial charge in [-0.2, -0.15) is 10.1 Å². The van der Waals surface area contributed by atoms with Gasteiger partial charge in [0, 0.05) is 4.47 Å². The molecule has 1 amide bonds. The fraction of sp³-hybridized carbons (Fsp3) is 0. The second kappa shape index (κ2) is 8.08. The highest BCUT2D eigenvalue weighted by Gasteiger charge is 2.22. The minimum atomic E-state index is -0.357. The molecule has 0 saturated carbocycles. The fourth-order valence-electron chi connectivity index (χ4n) is 2.37. The number of carbonyl (C=O) groups excluding carboxylic acids is 1. The molecule has 4 rings (SSSR count). The number of thiazole rings is 1. The van der Waals surface area contributed by atoms with Crippen LogP contribution in [0.4, 0.5) is 9.52 Å². The number of carbonyl (C=O) groups is 1. The minimum Gasteiger partial charge on any atom is -0.266 e. The van der Waals surface area contributed by atoms with Gasteiger partial charge in [-0.05, 0) is 48.0 Å². The lowest BCUT2D eigenvalue weighted by atomic mass is 10.2. The van der Waals surface area contributed by atoms with Crippen molar-refractivity contribution in [3.63, 3.8) is 0 Å². The molecule has 0 aliphatic rings. The first-order valence-corrected chi connectivity index (χ1v) is 10.8. The molecule has 9 heteroatoms. The Labute approximate surface area is 181 Å². The molecule has 2 aromatic heterocycles. The number of hydrogen-bond donors (Lipinski definition) is 0. The minimum absolute atomic E-state index is 0.350. The van der Waals surface area contributed by atoms with Crippen molar-refractivity contribution in [2.75, 3.05) is 5.01 Å². The molecular weight excluding hydrogens is 485 g/mol. The Balaban J connectivity index is 1.75. The van der Waals surface area contributed by atoms with Gasteiger partial charge in [0.15, 0.2) is 0 Å². The Bertz CT molecular complexity index is 1190. The van der Waals surface area contributed by atoms with Gasteiger partial charge < -0.3 is 0 Å². The van der Waals surface area contributed by atoms with Crippen molar-refractivity contribution in [3.05, 3.63) is 79.7 Å². The highest BCUT2D eigenvalue weighted by atomic mass is 79.9. The molecule has 0 N–H and O–H groups in total. The van der Waals surface area contributed by atoms with Crippen molar-refractivity contribution in [3.8, 4) is 0 Å². The summed E-state index contributed by atoms with van der Waals surface area (Å²) < 4.78 is 15.6. The van der Waals surface area contributed by atoms with Crippen LogP contribution in [0.5, 0.6) is 0 Å². The molecule has 0 radical (unpaired) electrons. The summed E-state index contributed by atoms with van der Waals surface area (Å²) in [6.45, 7) is 0. The smallest absolute Gasteiger partial charge is 0.266 e. The summed E-state index contributed by atoms with van der Waals surface area (Å²) in [6.07, 6.45) is 1.58. The maximum Gasteiger partial charge on any atom is 0.290 e. The number of fused-ring (bicyclic) bond motifs is 1. The molecule has 140 valence electrons. The van der Waals surface area contributed by atoms with Crippen molar-refractivity contribution < 1.29 is 9.18 Å². The third-order valence-electron chi connectivity index (χ3n) is 3.69. The number of hydrazone groups is 1. The summed E-state index contributed by atoms with van der Waals surface area (Å²) in [5.41, 5.74) is 1.42. The fourth-order valence-corrected chi connectivity index (χ4v) is 4.55. The number of hydrogen-bond acceptors (Lipinski definition) is 5. The summed E-state index contributed by atoms with van der Waals surface area (Å²) in [5.74, 6) is -0.714. The van der Waals surface area contributed by atoms with Gasteiger partial charge in [0.1, 0.15) is 5.82 Å². The average molecular weight is 495 g/mol. The zero-order valence-electron chi connectivity index (χ0n) is 14.0. The first-order chi connectivity index (χ1) is 13.5. The molecule has 0 aliphatic carbocycles. The predicted octanol–water partition coefficient (Wildman–Crippen LogP) is 6.59. The molecule has 0 fully saturated rings. The van der Waals surface area contributed by atoms with Gasteiger partial charge in [-0.1, -0.05) is 51.0 Å². The summed E-state index contributed by atoms with van der Waals surface area (Å²) in [6, 6.07) is 15.1. The van der Waals surface area contributed by atoms with E-state index in [-0.39, 0.29) is 11.7 Å².